The van der Waals surface area contributed by atoms with Crippen molar-refractivity contribution in [2.24, 2.45) is 0 Å². The van der Waals surface area contributed by atoms with Gasteiger partial charge in [-0.1, -0.05) is 0 Å². The maximum Gasteiger partial charge on any atom is 0.311 e. The van der Waals surface area contributed by atoms with Crippen LogP contribution in [0.2, 0.25) is 0 Å². The maximum absolute atomic E-state index is 10.9. The van der Waals surface area contributed by atoms with Crippen molar-refractivity contribution in [1.82, 2.24) is 9.97 Å². The van der Waals surface area contributed by atoms with Crippen molar-refractivity contribution in [1.29, 1.82) is 0 Å². The molecule has 0 amide bonds. The number of rotatable bonds is 5. The lowest BCUT2D eigenvalue weighted by atomic mass is 10.3. The average molecular weight is 264 g/mol. The van der Waals surface area contributed by atoms with Gasteiger partial charge in [-0.2, -0.15) is 0 Å². The number of nitro groups is 1. The van der Waals surface area contributed by atoms with Gasteiger partial charge in [0.1, 0.15) is 0 Å². The molecule has 0 spiro atoms. The second-order valence-electron chi connectivity index (χ2n) is 3.74. The van der Waals surface area contributed by atoms with Gasteiger partial charge >= 0.3 is 5.69 Å². The van der Waals surface area contributed by atoms with Crippen LogP contribution < -0.4 is 5.32 Å². The molecule has 1 N–H and O–H groups in total. The fourth-order valence-electron chi connectivity index (χ4n) is 1.49. The van der Waals surface area contributed by atoms with Crippen LogP contribution in [0.15, 0.2) is 23.8 Å². The Morgan fingerprint density at radius 1 is 1.50 bits per heavy atom. The molecule has 0 aromatic carbocycles. The number of hydrogen-bond acceptors (Lipinski definition) is 6. The van der Waals surface area contributed by atoms with Gasteiger partial charge in [-0.3, -0.25) is 10.1 Å². The monoisotopic (exact) mass is 264 g/mol. The molecule has 0 aliphatic carbocycles. The van der Waals surface area contributed by atoms with E-state index in [2.05, 4.69) is 15.3 Å². The highest BCUT2D eigenvalue weighted by molar-refractivity contribution is 7.09. The van der Waals surface area contributed by atoms with Gasteiger partial charge in [0.15, 0.2) is 0 Å². The van der Waals surface area contributed by atoms with Crippen LogP contribution in [-0.4, -0.2) is 21.4 Å². The number of anilines is 1. The molecule has 0 saturated heterocycles. The zero-order valence-electron chi connectivity index (χ0n) is 9.79. The maximum atomic E-state index is 10.9. The number of nitrogens with zero attached hydrogens (tertiary/aromatic N) is 3. The first-order valence-electron chi connectivity index (χ1n) is 5.40. The van der Waals surface area contributed by atoms with Crippen molar-refractivity contribution < 1.29 is 4.92 Å². The van der Waals surface area contributed by atoms with Gasteiger partial charge in [-0.15, -0.1) is 11.3 Å². The van der Waals surface area contributed by atoms with Crippen LogP contribution in [0.5, 0.6) is 0 Å². The molecule has 0 saturated carbocycles. The van der Waals surface area contributed by atoms with Crippen LogP contribution >= 0.6 is 11.3 Å². The zero-order chi connectivity index (χ0) is 13.0. The Morgan fingerprint density at radius 2 is 2.33 bits per heavy atom. The van der Waals surface area contributed by atoms with Gasteiger partial charge in [0.25, 0.3) is 0 Å². The minimum atomic E-state index is -0.425. The zero-order valence-corrected chi connectivity index (χ0v) is 10.6. The molecule has 0 unspecified atom stereocenters. The minimum Gasteiger partial charge on any atom is -0.364 e. The minimum absolute atomic E-state index is 0.00846. The molecule has 2 rings (SSSR count). The van der Waals surface area contributed by atoms with Crippen LogP contribution in [0.3, 0.4) is 0 Å². The molecule has 7 heteroatoms. The molecule has 18 heavy (non-hydrogen) atoms. The summed E-state index contributed by atoms with van der Waals surface area (Å²) in [5.74, 6) is 0.308. The number of aryl methyl sites for hydroxylation is 1. The van der Waals surface area contributed by atoms with E-state index >= 15 is 0 Å². The van der Waals surface area contributed by atoms with Crippen LogP contribution in [0.25, 0.3) is 0 Å². The standard InChI is InChI=1S/C11H12N4O2S/c1-8-6-9(15(16)17)11(14-7-8)13-3-2-10-12-4-5-18-10/h4-7H,2-3H2,1H3,(H,13,14). The third kappa shape index (κ3) is 3.01. The normalized spacial score (nSPS) is 10.3. The van der Waals surface area contributed by atoms with Crippen molar-refractivity contribution in [3.63, 3.8) is 0 Å². The summed E-state index contributed by atoms with van der Waals surface area (Å²) >= 11 is 1.57. The summed E-state index contributed by atoms with van der Waals surface area (Å²) in [7, 11) is 0. The lowest BCUT2D eigenvalue weighted by molar-refractivity contribution is -0.384. The smallest absolute Gasteiger partial charge is 0.311 e. The molecule has 0 atom stereocenters. The molecule has 0 aliphatic heterocycles. The highest BCUT2D eigenvalue weighted by Gasteiger charge is 2.14. The molecule has 2 aromatic heterocycles. The van der Waals surface area contributed by atoms with E-state index in [-0.39, 0.29) is 5.69 Å². The topological polar surface area (TPSA) is 81.0 Å². The van der Waals surface area contributed by atoms with Crippen molar-refractivity contribution in [3.05, 3.63) is 44.5 Å². The Hall–Kier alpha value is -2.02. The van der Waals surface area contributed by atoms with E-state index in [0.29, 0.717) is 12.4 Å². The molecular weight excluding hydrogens is 252 g/mol. The second-order valence-corrected chi connectivity index (χ2v) is 4.72. The Balaban J connectivity index is 2.02. The van der Waals surface area contributed by atoms with E-state index < -0.39 is 4.92 Å². The highest BCUT2D eigenvalue weighted by atomic mass is 32.1. The van der Waals surface area contributed by atoms with E-state index in [1.165, 1.54) is 6.07 Å². The number of nitrogens with one attached hydrogen (secondary N) is 1. The quantitative estimate of drug-likeness (QED) is 0.662. The molecule has 94 valence electrons. The number of pyridine rings is 1. The third-order valence-corrected chi connectivity index (χ3v) is 3.16. The largest absolute Gasteiger partial charge is 0.364 e. The van der Waals surface area contributed by atoms with Gasteiger partial charge in [0.2, 0.25) is 5.82 Å². The SMILES string of the molecule is Cc1cnc(NCCc2nccs2)c([N+](=O)[O-])c1. The van der Waals surface area contributed by atoms with E-state index in [1.54, 1.807) is 30.7 Å². The predicted octanol–water partition coefficient (Wildman–Crippen LogP) is 2.41. The van der Waals surface area contributed by atoms with Gasteiger partial charge in [-0.05, 0) is 12.5 Å². The van der Waals surface area contributed by atoms with Gasteiger partial charge in [0.05, 0.1) is 9.93 Å². The molecular formula is C11H12N4O2S. The van der Waals surface area contributed by atoms with Gasteiger partial charge in [0, 0.05) is 36.8 Å². The Morgan fingerprint density at radius 3 is 3.00 bits per heavy atom. The second kappa shape index (κ2) is 5.54. The van der Waals surface area contributed by atoms with Crippen LogP contribution in [0, 0.1) is 17.0 Å². The molecule has 0 radical (unpaired) electrons. The summed E-state index contributed by atoms with van der Waals surface area (Å²) in [6.07, 6.45) is 4.08. The van der Waals surface area contributed by atoms with Gasteiger partial charge < -0.3 is 5.32 Å². The Bertz CT molecular complexity index is 542. The lowest BCUT2D eigenvalue weighted by Gasteiger charge is -2.05. The van der Waals surface area contributed by atoms with Crippen molar-refractivity contribution in [3.8, 4) is 0 Å². The fraction of sp³-hybridized carbons (Fsp3) is 0.273. The Labute approximate surface area is 108 Å². The summed E-state index contributed by atoms with van der Waals surface area (Å²) in [6.45, 7) is 2.35. The fourth-order valence-corrected chi connectivity index (χ4v) is 2.11. The van der Waals surface area contributed by atoms with E-state index in [1.807, 2.05) is 5.38 Å². The molecule has 2 aromatic rings. The molecule has 0 fully saturated rings. The lowest BCUT2D eigenvalue weighted by Crippen LogP contribution is -2.08. The first-order valence-corrected chi connectivity index (χ1v) is 6.28. The van der Waals surface area contributed by atoms with E-state index in [4.69, 9.17) is 0 Å². The van der Waals surface area contributed by atoms with Crippen LogP contribution in [-0.2, 0) is 6.42 Å². The number of thiazole rings is 1. The van der Waals surface area contributed by atoms with Crippen LogP contribution in [0.4, 0.5) is 11.5 Å². The highest BCUT2D eigenvalue weighted by Crippen LogP contribution is 2.22. The summed E-state index contributed by atoms with van der Waals surface area (Å²) in [5, 5.41) is 16.8. The van der Waals surface area contributed by atoms with Crippen molar-refractivity contribution >= 4 is 22.8 Å². The number of aromatic nitrogens is 2. The van der Waals surface area contributed by atoms with Crippen LogP contribution in [0.1, 0.15) is 10.6 Å². The summed E-state index contributed by atoms with van der Waals surface area (Å²) in [4.78, 5) is 18.6. The predicted molar refractivity (Wildman–Crippen MR) is 69.9 cm³/mol. The summed E-state index contributed by atoms with van der Waals surface area (Å²) in [6, 6.07) is 1.51. The Kier molecular flexibility index (Phi) is 3.83. The molecule has 0 bridgehead atoms. The summed E-state index contributed by atoms with van der Waals surface area (Å²) in [5.41, 5.74) is 0.779. The molecule has 2 heterocycles. The first kappa shape index (κ1) is 12.4. The number of hydrogen-bond donors (Lipinski definition) is 1. The average Bonchev–Trinajstić information content (AvgIpc) is 2.84. The summed E-state index contributed by atoms with van der Waals surface area (Å²) < 4.78 is 0. The first-order chi connectivity index (χ1) is 8.66. The van der Waals surface area contributed by atoms with E-state index in [9.17, 15) is 10.1 Å². The van der Waals surface area contributed by atoms with Gasteiger partial charge in [-0.25, -0.2) is 9.97 Å². The van der Waals surface area contributed by atoms with E-state index in [0.717, 1.165) is 17.0 Å². The van der Waals surface area contributed by atoms with Crippen molar-refractivity contribution in [2.75, 3.05) is 11.9 Å². The molecule has 6 nitrogen and oxygen atoms in total. The molecule has 0 aliphatic rings. The van der Waals surface area contributed by atoms with Crippen molar-refractivity contribution in [2.45, 2.75) is 13.3 Å². The third-order valence-electron chi connectivity index (χ3n) is 2.32.